The number of nitrogens with one attached hydrogen (secondary N) is 1. The Balaban J connectivity index is 1.15. The van der Waals surface area contributed by atoms with Gasteiger partial charge in [-0.15, -0.1) is 0 Å². The SMILES string of the molecule is CC(C)C[C@@H](CN1CCCC1CN1C(=S)NC[C@@H]1Cc1ccc(O)cc1)N1C[C@H](Cc2ccccc2)N(CC2CCCCC2)C1=S. The summed E-state index contributed by atoms with van der Waals surface area (Å²) in [5, 5.41) is 15.2. The molecule has 3 aliphatic heterocycles. The molecule has 3 saturated heterocycles. The van der Waals surface area contributed by atoms with E-state index in [0.29, 0.717) is 35.8 Å². The van der Waals surface area contributed by atoms with Crippen molar-refractivity contribution in [1.82, 2.24) is 24.9 Å². The van der Waals surface area contributed by atoms with Crippen molar-refractivity contribution < 1.29 is 5.11 Å². The number of hydrogen-bond acceptors (Lipinski definition) is 4. The van der Waals surface area contributed by atoms with Crippen LogP contribution in [-0.4, -0.2) is 98.4 Å². The summed E-state index contributed by atoms with van der Waals surface area (Å²) in [5.74, 6) is 1.70. The first-order valence-electron chi connectivity index (χ1n) is 18.0. The Bertz CT molecular complexity index is 1280. The van der Waals surface area contributed by atoms with Crippen LogP contribution < -0.4 is 5.32 Å². The number of thiocarbonyl (C=S) groups is 2. The second-order valence-corrected chi connectivity index (χ2v) is 15.6. The largest absolute Gasteiger partial charge is 0.508 e. The van der Waals surface area contributed by atoms with Crippen LogP contribution in [0, 0.1) is 11.8 Å². The molecule has 0 amide bonds. The number of aromatic hydroxyl groups is 1. The molecule has 0 aromatic heterocycles. The van der Waals surface area contributed by atoms with Crippen LogP contribution in [0.15, 0.2) is 54.6 Å². The minimum absolute atomic E-state index is 0.319. The topological polar surface area (TPSA) is 45.2 Å². The van der Waals surface area contributed by atoms with Crippen molar-refractivity contribution in [1.29, 1.82) is 0 Å². The number of likely N-dealkylation sites (tertiary alicyclic amines) is 1. The number of rotatable bonds is 13. The smallest absolute Gasteiger partial charge is 0.172 e. The van der Waals surface area contributed by atoms with Crippen LogP contribution in [0.2, 0.25) is 0 Å². The maximum atomic E-state index is 9.76. The van der Waals surface area contributed by atoms with Crippen molar-refractivity contribution in [3.8, 4) is 5.75 Å². The molecule has 46 heavy (non-hydrogen) atoms. The molecular weight excluding hydrogens is 607 g/mol. The van der Waals surface area contributed by atoms with Gasteiger partial charge in [0.1, 0.15) is 5.75 Å². The van der Waals surface area contributed by atoms with Crippen LogP contribution in [0.3, 0.4) is 0 Å². The van der Waals surface area contributed by atoms with Crippen molar-refractivity contribution in [2.24, 2.45) is 11.8 Å². The molecule has 1 unspecified atom stereocenters. The Morgan fingerprint density at radius 3 is 2.26 bits per heavy atom. The van der Waals surface area contributed by atoms with Gasteiger partial charge < -0.3 is 25.1 Å². The Kier molecular flexibility index (Phi) is 11.4. The minimum Gasteiger partial charge on any atom is -0.508 e. The number of nitrogens with zero attached hydrogens (tertiary/aromatic N) is 4. The molecule has 6 nitrogen and oxygen atoms in total. The van der Waals surface area contributed by atoms with Crippen LogP contribution in [0.1, 0.15) is 76.3 Å². The van der Waals surface area contributed by atoms with Gasteiger partial charge in [0, 0.05) is 44.8 Å². The lowest BCUT2D eigenvalue weighted by Crippen LogP contribution is -2.51. The Hall–Kier alpha value is -2.42. The molecule has 2 N–H and O–H groups in total. The van der Waals surface area contributed by atoms with Crippen LogP contribution in [0.25, 0.3) is 0 Å². The average molecular weight is 662 g/mol. The first kappa shape index (κ1) is 33.5. The summed E-state index contributed by atoms with van der Waals surface area (Å²) < 4.78 is 0. The predicted molar refractivity (Wildman–Crippen MR) is 197 cm³/mol. The second-order valence-electron chi connectivity index (χ2n) is 14.9. The second kappa shape index (κ2) is 15.7. The van der Waals surface area contributed by atoms with Crippen LogP contribution in [0.4, 0.5) is 0 Å². The molecule has 4 aliphatic rings. The Morgan fingerprint density at radius 1 is 0.804 bits per heavy atom. The zero-order valence-electron chi connectivity index (χ0n) is 28.0. The molecule has 2 aromatic carbocycles. The van der Waals surface area contributed by atoms with Crippen molar-refractivity contribution in [2.75, 3.05) is 39.3 Å². The maximum Gasteiger partial charge on any atom is 0.172 e. The van der Waals surface area contributed by atoms with Gasteiger partial charge in [-0.1, -0.05) is 75.6 Å². The number of phenolic OH excluding ortho intramolecular Hbond substituents is 1. The van der Waals surface area contributed by atoms with Crippen molar-refractivity contribution in [2.45, 2.75) is 102 Å². The standard InChI is InChI=1S/C38H55N5OS2/c1-28(2)20-34(43-27-35(22-29-10-5-3-6-11-29)42(38(43)46)24-31-12-7-4-8-13-31)25-40-19-9-14-32(40)26-41-33(23-39-37(41)45)21-30-15-17-36(44)18-16-30/h3,5-6,10-11,15-18,28,31-35,44H,4,7-9,12-14,19-27H2,1-2H3,(H,39,45)/t32?,33-,34-,35-/m0/s1. The third-order valence-corrected chi connectivity index (χ3v) is 11.8. The number of hydrogen-bond donors (Lipinski definition) is 2. The monoisotopic (exact) mass is 661 g/mol. The van der Waals surface area contributed by atoms with E-state index in [1.54, 1.807) is 12.1 Å². The van der Waals surface area contributed by atoms with E-state index < -0.39 is 0 Å². The molecule has 6 rings (SSSR count). The molecule has 0 radical (unpaired) electrons. The van der Waals surface area contributed by atoms with Crippen LogP contribution >= 0.6 is 24.4 Å². The molecule has 4 fully saturated rings. The van der Waals surface area contributed by atoms with Gasteiger partial charge in [0.25, 0.3) is 0 Å². The molecule has 0 spiro atoms. The summed E-state index contributed by atoms with van der Waals surface area (Å²) in [7, 11) is 0. The highest BCUT2D eigenvalue weighted by Crippen LogP contribution is 2.32. The molecule has 3 heterocycles. The van der Waals surface area contributed by atoms with Crippen LogP contribution in [0.5, 0.6) is 5.75 Å². The van der Waals surface area contributed by atoms with Gasteiger partial charge in [-0.3, -0.25) is 4.90 Å². The van der Waals surface area contributed by atoms with Gasteiger partial charge in [-0.05, 0) is 111 Å². The highest BCUT2D eigenvalue weighted by molar-refractivity contribution is 7.80. The third-order valence-electron chi connectivity index (χ3n) is 11.0. The van der Waals surface area contributed by atoms with E-state index in [0.717, 1.165) is 74.7 Å². The summed E-state index contributed by atoms with van der Waals surface area (Å²) in [6.45, 7) is 11.0. The summed E-state index contributed by atoms with van der Waals surface area (Å²) in [6.07, 6.45) is 12.4. The van der Waals surface area contributed by atoms with E-state index >= 15 is 0 Å². The highest BCUT2D eigenvalue weighted by Gasteiger charge is 2.41. The normalized spacial score (nSPS) is 25.2. The molecule has 4 atom stereocenters. The van der Waals surface area contributed by atoms with Crippen molar-refractivity contribution in [3.05, 3.63) is 65.7 Å². The molecule has 250 valence electrons. The zero-order valence-corrected chi connectivity index (χ0v) is 29.7. The van der Waals surface area contributed by atoms with E-state index in [1.165, 1.54) is 56.1 Å². The summed E-state index contributed by atoms with van der Waals surface area (Å²) in [5.41, 5.74) is 2.66. The van der Waals surface area contributed by atoms with E-state index in [4.69, 9.17) is 24.4 Å². The fraction of sp³-hybridized carbons (Fsp3) is 0.632. The van der Waals surface area contributed by atoms with Crippen molar-refractivity contribution >= 4 is 34.7 Å². The Morgan fingerprint density at radius 2 is 1.52 bits per heavy atom. The molecule has 8 heteroatoms. The molecule has 1 aliphatic carbocycles. The predicted octanol–water partition coefficient (Wildman–Crippen LogP) is 6.47. The van der Waals surface area contributed by atoms with E-state index in [2.05, 4.69) is 69.1 Å². The average Bonchev–Trinajstić information content (AvgIpc) is 3.73. The Labute approximate surface area is 288 Å². The molecule has 0 bridgehead atoms. The van der Waals surface area contributed by atoms with Gasteiger partial charge in [-0.2, -0.15) is 0 Å². The van der Waals surface area contributed by atoms with Gasteiger partial charge in [0.05, 0.1) is 12.1 Å². The maximum absolute atomic E-state index is 9.76. The lowest BCUT2D eigenvalue weighted by molar-refractivity contribution is 0.149. The molecular formula is C38H55N5OS2. The number of benzene rings is 2. The summed E-state index contributed by atoms with van der Waals surface area (Å²) >= 11 is 12.3. The van der Waals surface area contributed by atoms with Gasteiger partial charge in [0.2, 0.25) is 0 Å². The van der Waals surface area contributed by atoms with Gasteiger partial charge in [-0.25, -0.2) is 0 Å². The minimum atomic E-state index is 0.319. The highest BCUT2D eigenvalue weighted by atomic mass is 32.1. The van der Waals surface area contributed by atoms with Gasteiger partial charge >= 0.3 is 0 Å². The number of phenols is 1. The first-order valence-corrected chi connectivity index (χ1v) is 18.8. The molecule has 1 saturated carbocycles. The van der Waals surface area contributed by atoms with E-state index in [1.807, 2.05) is 12.1 Å². The van der Waals surface area contributed by atoms with E-state index in [9.17, 15) is 5.11 Å². The quantitative estimate of drug-likeness (QED) is 0.237. The van der Waals surface area contributed by atoms with E-state index in [-0.39, 0.29) is 0 Å². The first-order chi connectivity index (χ1) is 22.3. The fourth-order valence-electron chi connectivity index (χ4n) is 8.55. The molecule has 2 aromatic rings. The summed E-state index contributed by atoms with van der Waals surface area (Å²) in [6, 6.07) is 20.4. The lowest BCUT2D eigenvalue weighted by Gasteiger charge is -2.38. The summed E-state index contributed by atoms with van der Waals surface area (Å²) in [4.78, 5) is 10.5. The zero-order chi connectivity index (χ0) is 32.0. The van der Waals surface area contributed by atoms with Crippen LogP contribution in [-0.2, 0) is 12.8 Å². The van der Waals surface area contributed by atoms with Crippen molar-refractivity contribution in [3.63, 3.8) is 0 Å². The van der Waals surface area contributed by atoms with Gasteiger partial charge in [0.15, 0.2) is 10.2 Å². The lowest BCUT2D eigenvalue weighted by atomic mass is 9.88. The third kappa shape index (κ3) is 8.35. The fourth-order valence-corrected chi connectivity index (χ4v) is 9.31.